The lowest BCUT2D eigenvalue weighted by Crippen LogP contribution is -2.33. The van der Waals surface area contributed by atoms with E-state index in [9.17, 15) is 4.79 Å². The molecule has 0 spiro atoms. The van der Waals surface area contributed by atoms with Gasteiger partial charge in [-0.3, -0.25) is 15.1 Å². The molecule has 2 rings (SSSR count). The predicted molar refractivity (Wildman–Crippen MR) is 80.8 cm³/mol. The van der Waals surface area contributed by atoms with E-state index < -0.39 is 0 Å². The quantitative estimate of drug-likeness (QED) is 0.663. The molecular formula is C16H24N2O2. The summed E-state index contributed by atoms with van der Waals surface area (Å²) < 4.78 is 0. The molecular weight excluding hydrogens is 252 g/mol. The number of rotatable bonds is 5. The van der Waals surface area contributed by atoms with E-state index in [2.05, 4.69) is 17.4 Å². The summed E-state index contributed by atoms with van der Waals surface area (Å²) in [5, 5.41) is 0. The van der Waals surface area contributed by atoms with E-state index in [1.54, 1.807) is 0 Å². The highest BCUT2D eigenvalue weighted by molar-refractivity contribution is 5.98. The predicted octanol–water partition coefficient (Wildman–Crippen LogP) is 2.96. The molecule has 0 aliphatic carbocycles. The van der Waals surface area contributed by atoms with Gasteiger partial charge in [-0.05, 0) is 59.0 Å². The Kier molecular flexibility index (Phi) is 5.15. The van der Waals surface area contributed by atoms with Gasteiger partial charge in [0.25, 0.3) is 0 Å². The van der Waals surface area contributed by atoms with Crippen molar-refractivity contribution >= 4 is 11.5 Å². The highest BCUT2D eigenvalue weighted by Gasteiger charge is 2.24. The molecule has 0 aromatic heterocycles. The lowest BCUT2D eigenvalue weighted by Gasteiger charge is -2.28. The molecule has 1 saturated heterocycles. The second-order valence-electron chi connectivity index (χ2n) is 5.79. The maximum Gasteiger partial charge on any atom is 0.166 e. The number of carbonyl (C=O) groups is 1. The van der Waals surface area contributed by atoms with Crippen molar-refractivity contribution in [3.05, 3.63) is 29.8 Å². The van der Waals surface area contributed by atoms with Gasteiger partial charge in [-0.25, -0.2) is 0 Å². The maximum atomic E-state index is 12.5. The fraction of sp³-hybridized carbons (Fsp3) is 0.562. The number of nitrogens with one attached hydrogen (secondary N) is 1. The first-order chi connectivity index (χ1) is 9.56. The fourth-order valence-corrected chi connectivity index (χ4v) is 2.43. The lowest BCUT2D eigenvalue weighted by atomic mass is 9.89. The molecule has 0 radical (unpaired) electrons. The molecule has 1 N–H and O–H groups in total. The first-order valence-electron chi connectivity index (χ1n) is 7.30. The minimum Gasteiger partial charge on any atom is -0.306 e. The van der Waals surface area contributed by atoms with E-state index in [1.165, 1.54) is 0 Å². The molecule has 4 heteroatoms. The van der Waals surface area contributed by atoms with Crippen LogP contribution < -0.4 is 5.48 Å². The number of anilines is 1. The first kappa shape index (κ1) is 15.0. The Balaban J connectivity index is 2.00. The van der Waals surface area contributed by atoms with Gasteiger partial charge in [0.1, 0.15) is 0 Å². The van der Waals surface area contributed by atoms with Crippen molar-refractivity contribution in [2.45, 2.75) is 32.8 Å². The monoisotopic (exact) mass is 276 g/mol. The summed E-state index contributed by atoms with van der Waals surface area (Å²) in [4.78, 5) is 20.1. The number of hydrogen-bond acceptors (Lipinski definition) is 4. The van der Waals surface area contributed by atoms with E-state index in [1.807, 2.05) is 38.1 Å². The molecule has 0 amide bonds. The Labute approximate surface area is 121 Å². The third-order valence-corrected chi connectivity index (χ3v) is 3.65. The van der Waals surface area contributed by atoms with E-state index in [4.69, 9.17) is 4.84 Å². The van der Waals surface area contributed by atoms with Crippen molar-refractivity contribution in [1.82, 2.24) is 4.90 Å². The fourth-order valence-electron chi connectivity index (χ4n) is 2.43. The number of nitrogens with zero attached hydrogens (tertiary/aromatic N) is 1. The molecule has 1 aliphatic heterocycles. The Hall–Kier alpha value is -1.39. The average Bonchev–Trinajstić information content (AvgIpc) is 2.45. The van der Waals surface area contributed by atoms with Crippen molar-refractivity contribution in [3.8, 4) is 0 Å². The molecule has 0 atom stereocenters. The van der Waals surface area contributed by atoms with Crippen molar-refractivity contribution in [1.29, 1.82) is 0 Å². The largest absolute Gasteiger partial charge is 0.306 e. The van der Waals surface area contributed by atoms with Crippen LogP contribution in [0.2, 0.25) is 0 Å². The van der Waals surface area contributed by atoms with Crippen molar-refractivity contribution in [2.75, 3.05) is 25.6 Å². The van der Waals surface area contributed by atoms with Gasteiger partial charge in [0.2, 0.25) is 0 Å². The average molecular weight is 276 g/mol. The molecule has 0 saturated carbocycles. The molecule has 1 fully saturated rings. The van der Waals surface area contributed by atoms with Crippen LogP contribution in [0.25, 0.3) is 0 Å². The topological polar surface area (TPSA) is 41.6 Å². The zero-order valence-electron chi connectivity index (χ0n) is 12.6. The third-order valence-electron chi connectivity index (χ3n) is 3.65. The Morgan fingerprint density at radius 1 is 1.35 bits per heavy atom. The number of piperidine rings is 1. The Morgan fingerprint density at radius 3 is 2.70 bits per heavy atom. The van der Waals surface area contributed by atoms with Gasteiger partial charge < -0.3 is 4.90 Å². The second-order valence-corrected chi connectivity index (χ2v) is 5.79. The van der Waals surface area contributed by atoms with Crippen molar-refractivity contribution in [3.63, 3.8) is 0 Å². The molecule has 4 nitrogen and oxygen atoms in total. The molecule has 1 aromatic rings. The molecule has 20 heavy (non-hydrogen) atoms. The van der Waals surface area contributed by atoms with E-state index in [0.717, 1.165) is 37.2 Å². The van der Waals surface area contributed by atoms with Crippen LogP contribution in [0, 0.1) is 5.92 Å². The number of likely N-dealkylation sites (tertiary alicyclic amines) is 1. The van der Waals surface area contributed by atoms with Gasteiger partial charge in [-0.2, -0.15) is 0 Å². The highest BCUT2D eigenvalue weighted by atomic mass is 16.7. The minimum atomic E-state index is 0.100. The summed E-state index contributed by atoms with van der Waals surface area (Å²) in [6.07, 6.45) is 2.01. The van der Waals surface area contributed by atoms with E-state index >= 15 is 0 Å². The summed E-state index contributed by atoms with van der Waals surface area (Å²) in [7, 11) is 2.11. The molecule has 1 aromatic carbocycles. The Bertz CT molecular complexity index is 452. The summed E-state index contributed by atoms with van der Waals surface area (Å²) in [5.74, 6) is 0.416. The van der Waals surface area contributed by atoms with Gasteiger partial charge in [0.15, 0.2) is 5.78 Å². The van der Waals surface area contributed by atoms with Crippen LogP contribution in [-0.4, -0.2) is 36.9 Å². The summed E-state index contributed by atoms with van der Waals surface area (Å²) in [6, 6.07) is 7.58. The standard InChI is InChI=1S/C16H24N2O2/c1-12(2)20-17-15-6-4-5-14(11-15)16(19)13-7-9-18(3)10-8-13/h4-6,11-13,17H,7-10H2,1-3H3. The molecule has 0 unspecified atom stereocenters. The van der Waals surface area contributed by atoms with Gasteiger partial charge in [0.05, 0.1) is 11.8 Å². The van der Waals surface area contributed by atoms with Crippen LogP contribution >= 0.6 is 0 Å². The van der Waals surface area contributed by atoms with E-state index in [0.29, 0.717) is 0 Å². The second kappa shape index (κ2) is 6.86. The minimum absolute atomic E-state index is 0.100. The molecule has 1 heterocycles. The van der Waals surface area contributed by atoms with Crippen LogP contribution in [0.4, 0.5) is 5.69 Å². The van der Waals surface area contributed by atoms with Crippen LogP contribution in [0.3, 0.4) is 0 Å². The molecule has 1 aliphatic rings. The smallest absolute Gasteiger partial charge is 0.166 e. The van der Waals surface area contributed by atoms with Crippen LogP contribution in [-0.2, 0) is 4.84 Å². The number of carbonyl (C=O) groups excluding carboxylic acids is 1. The van der Waals surface area contributed by atoms with Gasteiger partial charge in [0, 0.05) is 11.5 Å². The van der Waals surface area contributed by atoms with E-state index in [-0.39, 0.29) is 17.8 Å². The molecule has 0 bridgehead atoms. The maximum absolute atomic E-state index is 12.5. The van der Waals surface area contributed by atoms with Gasteiger partial charge >= 0.3 is 0 Å². The number of benzene rings is 1. The third kappa shape index (κ3) is 4.05. The van der Waals surface area contributed by atoms with Crippen molar-refractivity contribution < 1.29 is 9.63 Å². The summed E-state index contributed by atoms with van der Waals surface area (Å²) in [5.41, 5.74) is 4.49. The number of Topliss-reactive ketones (excluding diaryl/α,β-unsaturated/α-hetero) is 1. The lowest BCUT2D eigenvalue weighted by molar-refractivity contribution is 0.0857. The first-order valence-corrected chi connectivity index (χ1v) is 7.30. The zero-order chi connectivity index (χ0) is 14.5. The number of hydrogen-bond donors (Lipinski definition) is 1. The Morgan fingerprint density at radius 2 is 2.05 bits per heavy atom. The number of ketones is 1. The normalized spacial score (nSPS) is 17.4. The summed E-state index contributed by atoms with van der Waals surface area (Å²) >= 11 is 0. The van der Waals surface area contributed by atoms with Crippen LogP contribution in [0.1, 0.15) is 37.0 Å². The zero-order valence-corrected chi connectivity index (χ0v) is 12.6. The van der Waals surface area contributed by atoms with Crippen LogP contribution in [0.15, 0.2) is 24.3 Å². The van der Waals surface area contributed by atoms with Gasteiger partial charge in [-0.1, -0.05) is 12.1 Å². The molecule has 110 valence electrons. The van der Waals surface area contributed by atoms with Gasteiger partial charge in [-0.15, -0.1) is 0 Å². The highest BCUT2D eigenvalue weighted by Crippen LogP contribution is 2.22. The summed E-state index contributed by atoms with van der Waals surface area (Å²) in [6.45, 7) is 5.93. The van der Waals surface area contributed by atoms with Crippen LogP contribution in [0.5, 0.6) is 0 Å². The van der Waals surface area contributed by atoms with Crippen molar-refractivity contribution in [2.24, 2.45) is 5.92 Å². The SMILES string of the molecule is CC(C)ONc1cccc(C(=O)C2CCN(C)CC2)c1.